The Hall–Kier alpha value is -2.80. The fourth-order valence-corrected chi connectivity index (χ4v) is 3.78. The van der Waals surface area contributed by atoms with Crippen LogP contribution in [0.5, 0.6) is 5.75 Å². The van der Waals surface area contributed by atoms with Gasteiger partial charge < -0.3 is 10.1 Å². The SMILES string of the molecule is CC(=O)NC1=NN(C(C)=O)[C@H](c2ccc(OCc3ccccc3C)cc2)S1. The molecule has 0 saturated heterocycles. The summed E-state index contributed by atoms with van der Waals surface area (Å²) >= 11 is 1.33. The highest BCUT2D eigenvalue weighted by atomic mass is 32.2. The van der Waals surface area contributed by atoms with E-state index in [0.717, 1.165) is 16.9 Å². The van der Waals surface area contributed by atoms with Gasteiger partial charge in [-0.05, 0) is 35.7 Å². The molecule has 0 aromatic heterocycles. The molecular weight excluding hydrogens is 362 g/mol. The zero-order valence-electron chi connectivity index (χ0n) is 15.4. The third kappa shape index (κ3) is 4.68. The highest BCUT2D eigenvalue weighted by Gasteiger charge is 2.32. The third-order valence-corrected chi connectivity index (χ3v) is 5.17. The van der Waals surface area contributed by atoms with Gasteiger partial charge in [0.05, 0.1) is 0 Å². The van der Waals surface area contributed by atoms with Crippen molar-refractivity contribution in [2.75, 3.05) is 0 Å². The van der Waals surface area contributed by atoms with Gasteiger partial charge in [0, 0.05) is 13.8 Å². The van der Waals surface area contributed by atoms with Gasteiger partial charge in [0.25, 0.3) is 0 Å². The number of rotatable bonds is 4. The molecule has 0 unspecified atom stereocenters. The molecule has 1 heterocycles. The summed E-state index contributed by atoms with van der Waals surface area (Å²) in [5.74, 6) is 0.348. The molecule has 0 saturated carbocycles. The number of amidine groups is 1. The molecule has 0 bridgehead atoms. The second-order valence-electron chi connectivity index (χ2n) is 6.20. The summed E-state index contributed by atoms with van der Waals surface area (Å²) in [5.41, 5.74) is 3.24. The Kier molecular flexibility index (Phi) is 5.81. The van der Waals surface area contributed by atoms with Crippen LogP contribution in [0.25, 0.3) is 0 Å². The fraction of sp³-hybridized carbons (Fsp3) is 0.250. The molecule has 2 aromatic carbocycles. The monoisotopic (exact) mass is 383 g/mol. The Morgan fingerprint density at radius 3 is 2.48 bits per heavy atom. The maximum absolute atomic E-state index is 11.9. The van der Waals surface area contributed by atoms with Gasteiger partial charge in [0.1, 0.15) is 17.7 Å². The van der Waals surface area contributed by atoms with Crippen LogP contribution in [0.15, 0.2) is 53.6 Å². The van der Waals surface area contributed by atoms with Crippen molar-refractivity contribution in [2.24, 2.45) is 5.10 Å². The average Bonchev–Trinajstić information content (AvgIpc) is 3.05. The van der Waals surface area contributed by atoms with Crippen LogP contribution in [-0.4, -0.2) is 22.0 Å². The summed E-state index contributed by atoms with van der Waals surface area (Å²) in [6, 6.07) is 15.7. The van der Waals surface area contributed by atoms with E-state index in [0.29, 0.717) is 11.8 Å². The first kappa shape index (κ1) is 19.0. The molecule has 0 spiro atoms. The highest BCUT2D eigenvalue weighted by Crippen LogP contribution is 2.39. The second-order valence-corrected chi connectivity index (χ2v) is 7.27. The van der Waals surface area contributed by atoms with Crippen LogP contribution in [0, 0.1) is 6.92 Å². The van der Waals surface area contributed by atoms with Gasteiger partial charge in [0.2, 0.25) is 11.8 Å². The van der Waals surface area contributed by atoms with Crippen LogP contribution >= 0.6 is 11.8 Å². The molecule has 1 N–H and O–H groups in total. The molecule has 1 aliphatic heterocycles. The van der Waals surface area contributed by atoms with Crippen molar-refractivity contribution in [1.29, 1.82) is 0 Å². The van der Waals surface area contributed by atoms with E-state index in [-0.39, 0.29) is 17.2 Å². The molecule has 140 valence electrons. The predicted molar refractivity (Wildman–Crippen MR) is 106 cm³/mol. The number of ether oxygens (including phenoxy) is 1. The number of amides is 2. The lowest BCUT2D eigenvalue weighted by Crippen LogP contribution is -2.25. The maximum Gasteiger partial charge on any atom is 0.241 e. The Bertz CT molecular complexity index is 880. The van der Waals surface area contributed by atoms with E-state index in [1.54, 1.807) is 0 Å². The zero-order valence-corrected chi connectivity index (χ0v) is 16.2. The van der Waals surface area contributed by atoms with Gasteiger partial charge in [-0.3, -0.25) is 9.59 Å². The summed E-state index contributed by atoms with van der Waals surface area (Å²) in [6.07, 6.45) is 0. The van der Waals surface area contributed by atoms with E-state index in [2.05, 4.69) is 23.4 Å². The van der Waals surface area contributed by atoms with Gasteiger partial charge in [-0.25, -0.2) is 5.01 Å². The van der Waals surface area contributed by atoms with E-state index in [4.69, 9.17) is 4.74 Å². The molecule has 0 fully saturated rings. The molecule has 0 aliphatic carbocycles. The number of aryl methyl sites for hydroxylation is 1. The Morgan fingerprint density at radius 2 is 1.85 bits per heavy atom. The fourth-order valence-electron chi connectivity index (χ4n) is 2.64. The van der Waals surface area contributed by atoms with Crippen molar-refractivity contribution in [3.8, 4) is 5.75 Å². The van der Waals surface area contributed by atoms with Crippen molar-refractivity contribution >= 4 is 28.7 Å². The van der Waals surface area contributed by atoms with Crippen LogP contribution in [-0.2, 0) is 16.2 Å². The Balaban J connectivity index is 1.68. The van der Waals surface area contributed by atoms with E-state index in [1.807, 2.05) is 42.5 Å². The van der Waals surface area contributed by atoms with Gasteiger partial charge in [0.15, 0.2) is 5.17 Å². The molecule has 3 rings (SSSR count). The third-order valence-electron chi connectivity index (χ3n) is 4.07. The highest BCUT2D eigenvalue weighted by molar-refractivity contribution is 8.14. The lowest BCUT2D eigenvalue weighted by molar-refractivity contribution is -0.129. The predicted octanol–water partition coefficient (Wildman–Crippen LogP) is 3.58. The molecule has 7 heteroatoms. The number of nitrogens with one attached hydrogen (secondary N) is 1. The lowest BCUT2D eigenvalue weighted by atomic mass is 10.1. The standard InChI is InChI=1S/C20H21N3O3S/c1-13-6-4-5-7-17(13)12-26-18-10-8-16(9-11-18)19-23(15(3)25)22-20(27-19)21-14(2)24/h4-11,19H,12H2,1-3H3,(H,21,22,24)/t19-/m0/s1. The van der Waals surface area contributed by atoms with Gasteiger partial charge >= 0.3 is 0 Å². The molecule has 27 heavy (non-hydrogen) atoms. The van der Waals surface area contributed by atoms with Crippen LogP contribution in [0.1, 0.15) is 35.9 Å². The minimum absolute atomic E-state index is 0.187. The van der Waals surface area contributed by atoms with E-state index in [9.17, 15) is 9.59 Å². The number of benzene rings is 2. The molecular formula is C20H21N3O3S. The van der Waals surface area contributed by atoms with Crippen LogP contribution in [0.3, 0.4) is 0 Å². The van der Waals surface area contributed by atoms with E-state index in [1.165, 1.54) is 36.2 Å². The quantitative estimate of drug-likeness (QED) is 0.876. The number of hydrogen-bond acceptors (Lipinski definition) is 5. The summed E-state index contributed by atoms with van der Waals surface area (Å²) in [6.45, 7) is 5.42. The van der Waals surface area contributed by atoms with Crippen molar-refractivity contribution < 1.29 is 14.3 Å². The number of thioether (sulfide) groups is 1. The summed E-state index contributed by atoms with van der Waals surface area (Å²) in [7, 11) is 0. The Morgan fingerprint density at radius 1 is 1.15 bits per heavy atom. The number of nitrogens with zero attached hydrogens (tertiary/aromatic N) is 2. The minimum atomic E-state index is -0.310. The van der Waals surface area contributed by atoms with E-state index < -0.39 is 0 Å². The number of hydrazone groups is 1. The van der Waals surface area contributed by atoms with Gasteiger partial charge in [-0.15, -0.1) is 5.10 Å². The molecule has 2 amide bonds. The van der Waals surface area contributed by atoms with Gasteiger partial charge in [-0.2, -0.15) is 0 Å². The normalized spacial score (nSPS) is 16.0. The van der Waals surface area contributed by atoms with Crippen molar-refractivity contribution in [3.63, 3.8) is 0 Å². The first-order chi connectivity index (χ1) is 12.9. The summed E-state index contributed by atoms with van der Waals surface area (Å²) in [4.78, 5) is 23.1. The van der Waals surface area contributed by atoms with Crippen molar-refractivity contribution in [2.45, 2.75) is 32.8 Å². The molecule has 1 atom stereocenters. The summed E-state index contributed by atoms with van der Waals surface area (Å²) in [5, 5.41) is 8.31. The molecule has 1 aliphatic rings. The van der Waals surface area contributed by atoms with Crippen LogP contribution < -0.4 is 10.1 Å². The molecule has 2 aromatic rings. The summed E-state index contributed by atoms with van der Waals surface area (Å²) < 4.78 is 5.87. The smallest absolute Gasteiger partial charge is 0.241 e. The number of carbonyl (C=O) groups excluding carboxylic acids is 2. The number of carbonyl (C=O) groups is 2. The zero-order chi connectivity index (χ0) is 19.4. The van der Waals surface area contributed by atoms with E-state index >= 15 is 0 Å². The van der Waals surface area contributed by atoms with Crippen molar-refractivity contribution in [1.82, 2.24) is 10.3 Å². The average molecular weight is 383 g/mol. The largest absolute Gasteiger partial charge is 0.489 e. The molecule has 6 nitrogen and oxygen atoms in total. The second kappa shape index (κ2) is 8.26. The van der Waals surface area contributed by atoms with Crippen molar-refractivity contribution in [3.05, 3.63) is 65.2 Å². The lowest BCUT2D eigenvalue weighted by Gasteiger charge is -2.19. The van der Waals surface area contributed by atoms with Gasteiger partial charge in [-0.1, -0.05) is 48.2 Å². The first-order valence-corrected chi connectivity index (χ1v) is 9.42. The van der Waals surface area contributed by atoms with Crippen LogP contribution in [0.4, 0.5) is 0 Å². The first-order valence-electron chi connectivity index (χ1n) is 8.54. The Labute approximate surface area is 162 Å². The maximum atomic E-state index is 11.9. The minimum Gasteiger partial charge on any atom is -0.489 e. The van der Waals surface area contributed by atoms with Crippen LogP contribution in [0.2, 0.25) is 0 Å². The topological polar surface area (TPSA) is 71.0 Å². The molecule has 0 radical (unpaired) electrons. The number of hydrogen-bond donors (Lipinski definition) is 1.